The average Bonchev–Trinajstić information content (AvgIpc) is 2.86. The van der Waals surface area contributed by atoms with Crippen LogP contribution in [0.25, 0.3) is 0 Å². The van der Waals surface area contributed by atoms with Crippen LogP contribution >= 0.6 is 23.2 Å². The van der Waals surface area contributed by atoms with Crippen molar-refractivity contribution in [2.75, 3.05) is 13.7 Å². The van der Waals surface area contributed by atoms with E-state index < -0.39 is 6.04 Å². The normalized spacial score (nSPS) is 11.7. The molecule has 1 atom stereocenters. The molecule has 35 heavy (non-hydrogen) atoms. The molecule has 3 aromatic rings. The van der Waals surface area contributed by atoms with Gasteiger partial charge in [-0.25, -0.2) is 0 Å². The third-order valence-corrected chi connectivity index (χ3v) is 6.37. The summed E-state index contributed by atoms with van der Waals surface area (Å²) in [5, 5.41) is 3.62. The van der Waals surface area contributed by atoms with Crippen LogP contribution in [-0.2, 0) is 22.6 Å². The van der Waals surface area contributed by atoms with Crippen molar-refractivity contribution in [2.45, 2.75) is 38.8 Å². The fourth-order valence-corrected chi connectivity index (χ4v) is 4.20. The molecule has 0 saturated carbocycles. The summed E-state index contributed by atoms with van der Waals surface area (Å²) >= 11 is 12.5. The van der Waals surface area contributed by atoms with Crippen LogP contribution in [0.2, 0.25) is 10.0 Å². The number of amides is 2. The molecule has 0 heterocycles. The molecule has 0 unspecified atom stereocenters. The predicted molar refractivity (Wildman–Crippen MR) is 141 cm³/mol. The zero-order chi connectivity index (χ0) is 25.4. The Balaban J connectivity index is 1.87. The van der Waals surface area contributed by atoms with Crippen LogP contribution in [0.1, 0.15) is 36.5 Å². The maximum absolute atomic E-state index is 13.5. The lowest BCUT2D eigenvalue weighted by Gasteiger charge is -2.31. The molecule has 7 heteroatoms. The standard InChI is InChI=1S/C28H30Cl2N2O3/c1-19(2)21-10-13-24(14-11-21)35-18-27(33)32(17-22-9-12-23(29)16-25(22)30)26(28(34)31-3)15-20-7-5-4-6-8-20/h4-14,16,19,26H,15,17-18H2,1-3H3,(H,31,34)/t26-/m1/s1. The maximum atomic E-state index is 13.5. The van der Waals surface area contributed by atoms with Crippen molar-refractivity contribution in [3.8, 4) is 5.75 Å². The van der Waals surface area contributed by atoms with E-state index in [0.717, 1.165) is 5.56 Å². The Morgan fingerprint density at radius 3 is 2.26 bits per heavy atom. The summed E-state index contributed by atoms with van der Waals surface area (Å²) in [5.41, 5.74) is 2.81. The van der Waals surface area contributed by atoms with E-state index in [9.17, 15) is 9.59 Å². The summed E-state index contributed by atoms with van der Waals surface area (Å²) in [7, 11) is 1.56. The van der Waals surface area contributed by atoms with E-state index in [-0.39, 0.29) is 25.0 Å². The van der Waals surface area contributed by atoms with Crippen molar-refractivity contribution in [1.29, 1.82) is 0 Å². The first-order valence-corrected chi connectivity index (χ1v) is 12.3. The topological polar surface area (TPSA) is 58.6 Å². The Labute approximate surface area is 217 Å². The van der Waals surface area contributed by atoms with Gasteiger partial charge in [0.1, 0.15) is 11.8 Å². The zero-order valence-corrected chi connectivity index (χ0v) is 21.6. The number of rotatable bonds is 10. The fraction of sp³-hybridized carbons (Fsp3) is 0.286. The van der Waals surface area contributed by atoms with Gasteiger partial charge in [-0.15, -0.1) is 0 Å². The number of likely N-dealkylation sites (N-methyl/N-ethyl adjacent to an activating group) is 1. The van der Waals surface area contributed by atoms with Crippen molar-refractivity contribution in [1.82, 2.24) is 10.2 Å². The van der Waals surface area contributed by atoms with Gasteiger partial charge < -0.3 is 15.0 Å². The number of nitrogens with one attached hydrogen (secondary N) is 1. The van der Waals surface area contributed by atoms with Crippen molar-refractivity contribution >= 4 is 35.0 Å². The minimum absolute atomic E-state index is 0.134. The number of ether oxygens (including phenoxy) is 1. The maximum Gasteiger partial charge on any atom is 0.261 e. The SMILES string of the molecule is CNC(=O)[C@@H](Cc1ccccc1)N(Cc1ccc(Cl)cc1Cl)C(=O)COc1ccc(C(C)C)cc1. The Morgan fingerprint density at radius 1 is 0.971 bits per heavy atom. The third-order valence-electron chi connectivity index (χ3n) is 5.78. The van der Waals surface area contributed by atoms with E-state index in [0.29, 0.717) is 33.7 Å². The fourth-order valence-electron chi connectivity index (χ4n) is 3.73. The highest BCUT2D eigenvalue weighted by molar-refractivity contribution is 6.35. The van der Waals surface area contributed by atoms with Crippen LogP contribution in [0.4, 0.5) is 0 Å². The van der Waals surface area contributed by atoms with Crippen LogP contribution in [-0.4, -0.2) is 36.4 Å². The highest BCUT2D eigenvalue weighted by Gasteiger charge is 2.30. The average molecular weight is 513 g/mol. The molecule has 0 bridgehead atoms. The molecule has 184 valence electrons. The third kappa shape index (κ3) is 7.48. The highest BCUT2D eigenvalue weighted by Crippen LogP contribution is 2.24. The molecule has 0 aliphatic rings. The zero-order valence-electron chi connectivity index (χ0n) is 20.1. The summed E-state index contributed by atoms with van der Waals surface area (Å²) in [6, 6.07) is 21.6. The van der Waals surface area contributed by atoms with Gasteiger partial charge >= 0.3 is 0 Å². The van der Waals surface area contributed by atoms with Gasteiger partial charge in [0, 0.05) is 30.1 Å². The molecule has 0 fully saturated rings. The van der Waals surface area contributed by atoms with E-state index in [4.69, 9.17) is 27.9 Å². The predicted octanol–water partition coefficient (Wildman–Crippen LogP) is 5.88. The van der Waals surface area contributed by atoms with Gasteiger partial charge in [0.05, 0.1) is 0 Å². The van der Waals surface area contributed by atoms with E-state index in [1.54, 1.807) is 25.2 Å². The molecule has 5 nitrogen and oxygen atoms in total. The highest BCUT2D eigenvalue weighted by atomic mass is 35.5. The Morgan fingerprint density at radius 2 is 1.66 bits per heavy atom. The molecular formula is C28H30Cl2N2O3. The second-order valence-corrected chi connectivity index (χ2v) is 9.43. The Kier molecular flexibility index (Phi) is 9.58. The van der Waals surface area contributed by atoms with Gasteiger partial charge in [-0.2, -0.15) is 0 Å². The minimum atomic E-state index is -0.756. The van der Waals surface area contributed by atoms with Crippen LogP contribution in [0.5, 0.6) is 5.75 Å². The molecule has 0 radical (unpaired) electrons. The van der Waals surface area contributed by atoms with Gasteiger partial charge in [0.25, 0.3) is 5.91 Å². The summed E-state index contributed by atoms with van der Waals surface area (Å²) in [6.07, 6.45) is 0.348. The molecular weight excluding hydrogens is 483 g/mol. The van der Waals surface area contributed by atoms with Crippen molar-refractivity contribution in [2.24, 2.45) is 0 Å². The molecule has 2 amide bonds. The van der Waals surface area contributed by atoms with Gasteiger partial charge in [-0.05, 0) is 46.9 Å². The second kappa shape index (κ2) is 12.6. The van der Waals surface area contributed by atoms with E-state index in [2.05, 4.69) is 19.2 Å². The molecule has 3 rings (SSSR count). The Bertz CT molecular complexity index is 1130. The molecule has 0 aliphatic carbocycles. The molecule has 3 aromatic carbocycles. The number of halogens is 2. The first-order valence-electron chi connectivity index (χ1n) is 11.5. The number of benzene rings is 3. The van der Waals surface area contributed by atoms with Crippen LogP contribution in [0.15, 0.2) is 72.8 Å². The lowest BCUT2D eigenvalue weighted by atomic mass is 10.0. The molecule has 0 aliphatic heterocycles. The molecule has 1 N–H and O–H groups in total. The monoisotopic (exact) mass is 512 g/mol. The quantitative estimate of drug-likeness (QED) is 0.368. The number of nitrogens with zero attached hydrogens (tertiary/aromatic N) is 1. The van der Waals surface area contributed by atoms with Crippen LogP contribution in [0.3, 0.4) is 0 Å². The van der Waals surface area contributed by atoms with Crippen molar-refractivity contribution < 1.29 is 14.3 Å². The van der Waals surface area contributed by atoms with Crippen LogP contribution < -0.4 is 10.1 Å². The van der Waals surface area contributed by atoms with E-state index in [1.807, 2.05) is 54.6 Å². The summed E-state index contributed by atoms with van der Waals surface area (Å²) in [5.74, 6) is 0.394. The first kappa shape index (κ1) is 26.6. The van der Waals surface area contributed by atoms with Crippen molar-refractivity contribution in [3.05, 3.63) is 99.5 Å². The smallest absolute Gasteiger partial charge is 0.261 e. The number of hydrogen-bond donors (Lipinski definition) is 1. The summed E-state index contributed by atoms with van der Waals surface area (Å²) in [6.45, 7) is 4.15. The first-order chi connectivity index (χ1) is 16.8. The van der Waals surface area contributed by atoms with Crippen LogP contribution in [0, 0.1) is 0 Å². The minimum Gasteiger partial charge on any atom is -0.484 e. The number of hydrogen-bond acceptors (Lipinski definition) is 3. The molecule has 0 spiro atoms. The van der Waals surface area contributed by atoms with Gasteiger partial charge in [0.2, 0.25) is 5.91 Å². The molecule has 0 saturated heterocycles. The lowest BCUT2D eigenvalue weighted by Crippen LogP contribution is -2.51. The van der Waals surface area contributed by atoms with E-state index in [1.165, 1.54) is 10.5 Å². The van der Waals surface area contributed by atoms with Crippen molar-refractivity contribution in [3.63, 3.8) is 0 Å². The Hall–Kier alpha value is -3.02. The number of carbonyl (C=O) groups excluding carboxylic acids is 2. The summed E-state index contributed by atoms with van der Waals surface area (Å²) < 4.78 is 5.81. The largest absolute Gasteiger partial charge is 0.484 e. The van der Waals surface area contributed by atoms with Gasteiger partial charge in [-0.3, -0.25) is 9.59 Å². The molecule has 0 aromatic heterocycles. The second-order valence-electron chi connectivity index (χ2n) is 8.59. The lowest BCUT2D eigenvalue weighted by molar-refractivity contribution is -0.142. The summed E-state index contributed by atoms with van der Waals surface area (Å²) in [4.78, 5) is 28.0. The van der Waals surface area contributed by atoms with E-state index >= 15 is 0 Å². The van der Waals surface area contributed by atoms with Gasteiger partial charge in [0.15, 0.2) is 6.61 Å². The van der Waals surface area contributed by atoms with Gasteiger partial charge in [-0.1, -0.05) is 85.6 Å². The number of carbonyl (C=O) groups is 2.